The summed E-state index contributed by atoms with van der Waals surface area (Å²) in [4.78, 5) is 28.0. The molecule has 1 aromatic heterocycles. The molecule has 2 heterocycles. The highest BCUT2D eigenvalue weighted by atomic mass is 32.1. The predicted molar refractivity (Wildman–Crippen MR) is 97.2 cm³/mol. The molecule has 0 fully saturated rings. The van der Waals surface area contributed by atoms with Crippen molar-refractivity contribution in [2.45, 2.75) is 12.8 Å². The molecule has 3 nitrogen and oxygen atoms in total. The topological polar surface area (TPSA) is 43.4 Å². The van der Waals surface area contributed by atoms with Crippen LogP contribution in [0.25, 0.3) is 0 Å². The Balaban J connectivity index is 1.86. The fourth-order valence-corrected chi connectivity index (χ4v) is 4.33. The van der Waals surface area contributed by atoms with E-state index in [1.807, 2.05) is 43.3 Å². The summed E-state index contributed by atoms with van der Waals surface area (Å²) in [6.07, 6.45) is 0. The third-order valence-corrected chi connectivity index (χ3v) is 5.54. The molecule has 0 spiro atoms. The van der Waals surface area contributed by atoms with Crippen molar-refractivity contribution in [3.8, 4) is 5.75 Å². The Hall–Kier alpha value is -2.72. The smallest absolute Gasteiger partial charge is 0.323 e. The molecule has 4 heteroatoms. The van der Waals surface area contributed by atoms with Crippen molar-refractivity contribution < 1.29 is 14.3 Å². The van der Waals surface area contributed by atoms with Crippen molar-refractivity contribution in [2.24, 2.45) is 5.92 Å². The quantitative estimate of drug-likeness (QED) is 0.300. The number of para-hydroxylation sites is 1. The molecule has 1 aliphatic heterocycles. The van der Waals surface area contributed by atoms with Crippen LogP contribution < -0.4 is 4.74 Å². The van der Waals surface area contributed by atoms with Crippen LogP contribution in [0.1, 0.15) is 31.6 Å². The largest absolute Gasteiger partial charge is 0.426 e. The highest BCUT2D eigenvalue weighted by Crippen LogP contribution is 2.45. The first-order valence-corrected chi connectivity index (χ1v) is 8.93. The van der Waals surface area contributed by atoms with Crippen LogP contribution in [0, 0.1) is 12.8 Å². The highest BCUT2D eigenvalue weighted by Gasteiger charge is 2.44. The summed E-state index contributed by atoms with van der Waals surface area (Å²) in [5.74, 6) is -1.32. The molecular formula is C21H16O3S. The van der Waals surface area contributed by atoms with Gasteiger partial charge in [0.1, 0.15) is 11.7 Å². The molecule has 25 heavy (non-hydrogen) atoms. The summed E-state index contributed by atoms with van der Waals surface area (Å²) in [6.45, 7) is 2.02. The first-order valence-electron chi connectivity index (χ1n) is 8.11. The summed E-state index contributed by atoms with van der Waals surface area (Å²) in [7, 11) is 0. The van der Waals surface area contributed by atoms with Crippen molar-refractivity contribution in [3.05, 3.63) is 87.6 Å². The lowest BCUT2D eigenvalue weighted by molar-refractivity contribution is -0.138. The number of benzene rings is 2. The lowest BCUT2D eigenvalue weighted by Gasteiger charge is -2.30. The third-order valence-electron chi connectivity index (χ3n) is 4.46. The Labute approximate surface area is 149 Å². The van der Waals surface area contributed by atoms with E-state index in [1.165, 1.54) is 0 Å². The Kier molecular flexibility index (Phi) is 3.98. The van der Waals surface area contributed by atoms with Gasteiger partial charge in [-0.1, -0.05) is 48.5 Å². The SMILES string of the molecule is Cc1ccc([C@@H]2c3ccccc3OC(=O)[C@H]2C(=O)c2ccccc2)s1. The monoisotopic (exact) mass is 348 g/mol. The van der Waals surface area contributed by atoms with Crippen molar-refractivity contribution in [3.63, 3.8) is 0 Å². The van der Waals surface area contributed by atoms with Gasteiger partial charge in [0.15, 0.2) is 5.78 Å². The first-order chi connectivity index (χ1) is 12.1. The van der Waals surface area contributed by atoms with Gasteiger partial charge in [-0.2, -0.15) is 0 Å². The van der Waals surface area contributed by atoms with E-state index in [0.29, 0.717) is 11.3 Å². The minimum Gasteiger partial charge on any atom is -0.426 e. The van der Waals surface area contributed by atoms with E-state index in [4.69, 9.17) is 4.74 Å². The van der Waals surface area contributed by atoms with Crippen LogP contribution in [0.15, 0.2) is 66.7 Å². The molecule has 0 N–H and O–H groups in total. The van der Waals surface area contributed by atoms with Crippen molar-refractivity contribution in [1.82, 2.24) is 0 Å². The average molecular weight is 348 g/mol. The van der Waals surface area contributed by atoms with Gasteiger partial charge in [0.05, 0.1) is 0 Å². The number of hydrogen-bond acceptors (Lipinski definition) is 4. The van der Waals surface area contributed by atoms with Crippen LogP contribution in [0.5, 0.6) is 5.75 Å². The minimum absolute atomic E-state index is 0.198. The molecule has 0 amide bonds. The van der Waals surface area contributed by atoms with Crippen LogP contribution in [-0.2, 0) is 4.79 Å². The zero-order chi connectivity index (χ0) is 17.4. The standard InChI is InChI=1S/C21H16O3S/c1-13-11-12-17(25-13)18-15-9-5-6-10-16(15)24-21(23)19(18)20(22)14-7-3-2-4-8-14/h2-12,18-19H,1H3/t18-,19+/m0/s1. The van der Waals surface area contributed by atoms with Crippen LogP contribution >= 0.6 is 11.3 Å². The van der Waals surface area contributed by atoms with Gasteiger partial charge in [0.2, 0.25) is 0 Å². The number of thiophene rings is 1. The summed E-state index contributed by atoms with van der Waals surface area (Å²) in [5, 5.41) is 0. The molecule has 3 aromatic rings. The summed E-state index contributed by atoms with van der Waals surface area (Å²) < 4.78 is 5.49. The van der Waals surface area contributed by atoms with E-state index < -0.39 is 11.9 Å². The Bertz CT molecular complexity index is 943. The van der Waals surface area contributed by atoms with Crippen LogP contribution in [0.3, 0.4) is 0 Å². The van der Waals surface area contributed by atoms with E-state index >= 15 is 0 Å². The number of Topliss-reactive ketones (excluding diaryl/α,β-unsaturated/α-hetero) is 1. The van der Waals surface area contributed by atoms with Crippen molar-refractivity contribution >= 4 is 23.1 Å². The maximum absolute atomic E-state index is 13.1. The Morgan fingerprint density at radius 2 is 1.68 bits per heavy atom. The van der Waals surface area contributed by atoms with Gasteiger partial charge in [-0.25, -0.2) is 0 Å². The van der Waals surface area contributed by atoms with Crippen LogP contribution in [0.2, 0.25) is 0 Å². The lowest BCUT2D eigenvalue weighted by Crippen LogP contribution is -2.37. The number of rotatable bonds is 3. The normalized spacial score (nSPS) is 19.2. The third kappa shape index (κ3) is 2.79. The van der Waals surface area contributed by atoms with E-state index in [9.17, 15) is 9.59 Å². The van der Waals surface area contributed by atoms with Crippen LogP contribution in [0.4, 0.5) is 0 Å². The highest BCUT2D eigenvalue weighted by molar-refractivity contribution is 7.12. The fraction of sp³-hybridized carbons (Fsp3) is 0.143. The van der Waals surface area contributed by atoms with Gasteiger partial charge < -0.3 is 4.74 Å². The molecule has 2 aromatic carbocycles. The Morgan fingerprint density at radius 1 is 0.960 bits per heavy atom. The molecule has 2 atom stereocenters. The number of esters is 1. The molecule has 0 bridgehead atoms. The average Bonchev–Trinajstić information content (AvgIpc) is 3.06. The zero-order valence-electron chi connectivity index (χ0n) is 13.6. The molecule has 0 saturated carbocycles. The predicted octanol–water partition coefficient (Wildman–Crippen LogP) is 4.61. The number of hydrogen-bond donors (Lipinski definition) is 0. The summed E-state index contributed by atoms with van der Waals surface area (Å²) in [6, 6.07) is 20.4. The summed E-state index contributed by atoms with van der Waals surface area (Å²) in [5.41, 5.74) is 1.42. The number of ether oxygens (including phenoxy) is 1. The molecule has 0 radical (unpaired) electrons. The minimum atomic E-state index is -0.865. The molecular weight excluding hydrogens is 332 g/mol. The van der Waals surface area contributed by atoms with Gasteiger partial charge in [-0.15, -0.1) is 11.3 Å². The molecule has 124 valence electrons. The van der Waals surface area contributed by atoms with E-state index in [-0.39, 0.29) is 11.7 Å². The first kappa shape index (κ1) is 15.8. The number of fused-ring (bicyclic) bond motifs is 1. The number of aryl methyl sites for hydroxylation is 1. The van der Waals surface area contributed by atoms with Gasteiger partial charge in [0, 0.05) is 26.8 Å². The van der Waals surface area contributed by atoms with Crippen molar-refractivity contribution in [1.29, 1.82) is 0 Å². The maximum Gasteiger partial charge on any atom is 0.323 e. The fourth-order valence-electron chi connectivity index (χ4n) is 3.30. The van der Waals surface area contributed by atoms with E-state index in [1.54, 1.807) is 41.7 Å². The maximum atomic E-state index is 13.1. The zero-order valence-corrected chi connectivity index (χ0v) is 14.5. The van der Waals surface area contributed by atoms with Gasteiger partial charge in [-0.05, 0) is 25.1 Å². The summed E-state index contributed by atoms with van der Waals surface area (Å²) >= 11 is 1.62. The second-order valence-corrected chi connectivity index (χ2v) is 7.41. The molecule has 4 rings (SSSR count). The van der Waals surface area contributed by atoms with Gasteiger partial charge >= 0.3 is 5.97 Å². The Morgan fingerprint density at radius 3 is 2.40 bits per heavy atom. The molecule has 0 aliphatic carbocycles. The van der Waals surface area contributed by atoms with E-state index in [2.05, 4.69) is 0 Å². The number of carbonyl (C=O) groups excluding carboxylic acids is 2. The second kappa shape index (κ2) is 6.30. The van der Waals surface area contributed by atoms with Crippen LogP contribution in [-0.4, -0.2) is 11.8 Å². The van der Waals surface area contributed by atoms with Gasteiger partial charge in [-0.3, -0.25) is 9.59 Å². The lowest BCUT2D eigenvalue weighted by atomic mass is 9.78. The molecule has 1 aliphatic rings. The van der Waals surface area contributed by atoms with Gasteiger partial charge in [0.25, 0.3) is 0 Å². The number of carbonyl (C=O) groups is 2. The van der Waals surface area contributed by atoms with E-state index in [0.717, 1.165) is 15.3 Å². The second-order valence-electron chi connectivity index (χ2n) is 6.09. The molecule has 0 unspecified atom stereocenters. The molecule has 0 saturated heterocycles. The number of ketones is 1. The van der Waals surface area contributed by atoms with Crippen molar-refractivity contribution in [2.75, 3.05) is 0 Å².